The van der Waals surface area contributed by atoms with Crippen molar-refractivity contribution in [3.05, 3.63) is 38.7 Å². The second kappa shape index (κ2) is 5.19. The number of aromatic nitrogens is 4. The minimum atomic E-state index is -0.217. The van der Waals surface area contributed by atoms with E-state index < -0.39 is 0 Å². The van der Waals surface area contributed by atoms with Crippen molar-refractivity contribution in [2.75, 3.05) is 5.32 Å². The number of hydrogen-bond acceptors (Lipinski definition) is 4. The van der Waals surface area contributed by atoms with Gasteiger partial charge < -0.3 is 4.90 Å². The van der Waals surface area contributed by atoms with Crippen molar-refractivity contribution >= 4 is 11.8 Å². The summed E-state index contributed by atoms with van der Waals surface area (Å²) in [5, 5.41) is 7.43. The van der Waals surface area contributed by atoms with E-state index in [2.05, 4.69) is 15.4 Å². The van der Waals surface area contributed by atoms with Crippen LogP contribution in [0.25, 0.3) is 0 Å². The number of anilines is 1. The first-order chi connectivity index (χ1) is 11.5. The Morgan fingerprint density at radius 2 is 1.92 bits per heavy atom. The first-order valence-corrected chi connectivity index (χ1v) is 8.11. The van der Waals surface area contributed by atoms with Crippen molar-refractivity contribution in [3.8, 4) is 0 Å². The number of nitrogens with zero attached hydrogens (tertiary/aromatic N) is 5. The Bertz CT molecular complexity index is 910. The molecule has 0 unspecified atom stereocenters. The summed E-state index contributed by atoms with van der Waals surface area (Å²) in [6, 6.07) is -0.217. The minimum Gasteiger partial charge on any atom is -0.314 e. The lowest BCUT2D eigenvalue weighted by atomic mass is 10.2. The molecule has 1 aliphatic carbocycles. The van der Waals surface area contributed by atoms with Crippen LogP contribution in [0.15, 0.2) is 4.79 Å². The molecule has 24 heavy (non-hydrogen) atoms. The standard InChI is InChI=1S/C16H20N6O2/c1-9-17-13-8-22(7-11(13)15(23)20(9)2)16(24)18-14-10-5-4-6-12(10)19-21(14)3/h4-8H2,1-3H3,(H,18,24). The molecule has 0 spiro atoms. The van der Waals surface area contributed by atoms with Crippen molar-refractivity contribution < 1.29 is 4.79 Å². The quantitative estimate of drug-likeness (QED) is 0.841. The summed E-state index contributed by atoms with van der Waals surface area (Å²) < 4.78 is 3.25. The predicted octanol–water partition coefficient (Wildman–Crippen LogP) is 0.859. The lowest BCUT2D eigenvalue weighted by Gasteiger charge is -2.16. The Hall–Kier alpha value is -2.64. The van der Waals surface area contributed by atoms with Crippen molar-refractivity contribution in [1.82, 2.24) is 24.2 Å². The predicted molar refractivity (Wildman–Crippen MR) is 87.7 cm³/mol. The van der Waals surface area contributed by atoms with E-state index in [1.807, 2.05) is 7.05 Å². The molecule has 126 valence electrons. The van der Waals surface area contributed by atoms with E-state index in [9.17, 15) is 9.59 Å². The first-order valence-electron chi connectivity index (χ1n) is 8.11. The van der Waals surface area contributed by atoms with E-state index in [-0.39, 0.29) is 11.6 Å². The van der Waals surface area contributed by atoms with E-state index in [0.29, 0.717) is 30.2 Å². The third kappa shape index (κ3) is 2.13. The summed E-state index contributed by atoms with van der Waals surface area (Å²) in [6.45, 7) is 2.45. The molecule has 0 saturated carbocycles. The SMILES string of the molecule is Cc1nc2c(c(=O)n1C)CN(C(=O)Nc1c3c(nn1C)CCC3)C2. The first kappa shape index (κ1) is 14.9. The number of fused-ring (bicyclic) bond motifs is 2. The zero-order chi connectivity index (χ0) is 17.0. The number of carbonyl (C=O) groups is 1. The van der Waals surface area contributed by atoms with E-state index in [1.165, 1.54) is 4.57 Å². The minimum absolute atomic E-state index is 0.0748. The zero-order valence-electron chi connectivity index (χ0n) is 14.1. The number of rotatable bonds is 1. The topological polar surface area (TPSA) is 85.1 Å². The Balaban J connectivity index is 1.57. The molecule has 3 heterocycles. The molecular weight excluding hydrogens is 308 g/mol. The summed E-state index contributed by atoms with van der Waals surface area (Å²) in [7, 11) is 3.54. The molecule has 2 aromatic rings. The Kier molecular flexibility index (Phi) is 3.22. The molecule has 0 fully saturated rings. The molecule has 0 atom stereocenters. The summed E-state index contributed by atoms with van der Waals surface area (Å²) in [4.78, 5) is 31.0. The van der Waals surface area contributed by atoms with Crippen LogP contribution in [0.5, 0.6) is 0 Å². The summed E-state index contributed by atoms with van der Waals surface area (Å²) in [6.07, 6.45) is 2.99. The van der Waals surface area contributed by atoms with Gasteiger partial charge in [-0.1, -0.05) is 0 Å². The Morgan fingerprint density at radius 1 is 1.12 bits per heavy atom. The van der Waals surface area contributed by atoms with Crippen molar-refractivity contribution in [2.45, 2.75) is 39.3 Å². The number of aryl methyl sites for hydroxylation is 3. The number of nitrogens with one attached hydrogen (secondary N) is 1. The third-order valence-corrected chi connectivity index (χ3v) is 4.96. The second-order valence-electron chi connectivity index (χ2n) is 6.49. The average Bonchev–Trinajstić information content (AvgIpc) is 3.22. The van der Waals surface area contributed by atoms with Gasteiger partial charge in [0, 0.05) is 19.7 Å². The Labute approximate surface area is 139 Å². The molecule has 2 amide bonds. The lowest BCUT2D eigenvalue weighted by molar-refractivity contribution is 0.212. The molecule has 2 aromatic heterocycles. The zero-order valence-corrected chi connectivity index (χ0v) is 14.1. The summed E-state index contributed by atoms with van der Waals surface area (Å²) >= 11 is 0. The maximum Gasteiger partial charge on any atom is 0.323 e. The number of urea groups is 1. The summed E-state index contributed by atoms with van der Waals surface area (Å²) in [5.41, 5.74) is 3.43. The molecule has 0 saturated heterocycles. The normalized spacial score (nSPS) is 15.5. The van der Waals surface area contributed by atoms with Gasteiger partial charge in [0.15, 0.2) is 0 Å². The highest BCUT2D eigenvalue weighted by Gasteiger charge is 2.30. The van der Waals surface area contributed by atoms with E-state index in [1.54, 1.807) is 23.6 Å². The molecule has 8 nitrogen and oxygen atoms in total. The fraction of sp³-hybridized carbons (Fsp3) is 0.500. The van der Waals surface area contributed by atoms with Gasteiger partial charge in [0.2, 0.25) is 0 Å². The molecule has 4 rings (SSSR count). The van der Waals surface area contributed by atoms with Crippen LogP contribution in [-0.2, 0) is 40.0 Å². The van der Waals surface area contributed by atoms with Crippen LogP contribution in [0.4, 0.5) is 10.6 Å². The van der Waals surface area contributed by atoms with Crippen LogP contribution in [0.3, 0.4) is 0 Å². The van der Waals surface area contributed by atoms with Gasteiger partial charge in [0.1, 0.15) is 11.6 Å². The molecule has 0 bridgehead atoms. The molecule has 0 aromatic carbocycles. The smallest absolute Gasteiger partial charge is 0.314 e. The van der Waals surface area contributed by atoms with Gasteiger partial charge in [-0.05, 0) is 26.2 Å². The highest BCUT2D eigenvalue weighted by Crippen LogP contribution is 2.28. The van der Waals surface area contributed by atoms with Gasteiger partial charge >= 0.3 is 6.03 Å². The van der Waals surface area contributed by atoms with Gasteiger partial charge in [-0.2, -0.15) is 5.10 Å². The van der Waals surface area contributed by atoms with Crippen LogP contribution in [0.2, 0.25) is 0 Å². The second-order valence-corrected chi connectivity index (χ2v) is 6.49. The molecule has 0 radical (unpaired) electrons. The largest absolute Gasteiger partial charge is 0.323 e. The van der Waals surface area contributed by atoms with E-state index in [0.717, 1.165) is 36.3 Å². The molecular formula is C16H20N6O2. The third-order valence-electron chi connectivity index (χ3n) is 4.96. The van der Waals surface area contributed by atoms with Crippen LogP contribution in [-0.4, -0.2) is 30.3 Å². The number of amides is 2. The van der Waals surface area contributed by atoms with Crippen molar-refractivity contribution in [3.63, 3.8) is 0 Å². The number of hydrogen-bond donors (Lipinski definition) is 1. The van der Waals surface area contributed by atoms with Gasteiger partial charge in [0.25, 0.3) is 5.56 Å². The van der Waals surface area contributed by atoms with Crippen LogP contribution in [0.1, 0.15) is 34.8 Å². The Morgan fingerprint density at radius 3 is 2.71 bits per heavy atom. The van der Waals surface area contributed by atoms with E-state index >= 15 is 0 Å². The fourth-order valence-corrected chi connectivity index (χ4v) is 3.53. The van der Waals surface area contributed by atoms with Crippen molar-refractivity contribution in [2.24, 2.45) is 14.1 Å². The molecule has 8 heteroatoms. The molecule has 1 N–H and O–H groups in total. The average molecular weight is 328 g/mol. The van der Waals surface area contributed by atoms with Gasteiger partial charge in [0.05, 0.1) is 30.0 Å². The maximum atomic E-state index is 12.7. The van der Waals surface area contributed by atoms with Crippen LogP contribution < -0.4 is 10.9 Å². The summed E-state index contributed by atoms with van der Waals surface area (Å²) in [5.74, 6) is 1.42. The lowest BCUT2D eigenvalue weighted by Crippen LogP contribution is -2.32. The van der Waals surface area contributed by atoms with Crippen molar-refractivity contribution in [1.29, 1.82) is 0 Å². The van der Waals surface area contributed by atoms with Crippen LogP contribution >= 0.6 is 0 Å². The fourth-order valence-electron chi connectivity index (χ4n) is 3.53. The highest BCUT2D eigenvalue weighted by atomic mass is 16.2. The van der Waals surface area contributed by atoms with Gasteiger partial charge in [-0.3, -0.25) is 19.4 Å². The highest BCUT2D eigenvalue weighted by molar-refractivity contribution is 5.89. The van der Waals surface area contributed by atoms with Gasteiger partial charge in [-0.25, -0.2) is 9.78 Å². The maximum absolute atomic E-state index is 12.7. The number of carbonyl (C=O) groups excluding carboxylic acids is 1. The van der Waals surface area contributed by atoms with E-state index in [4.69, 9.17) is 0 Å². The molecule has 1 aliphatic heterocycles. The molecule has 2 aliphatic rings. The van der Waals surface area contributed by atoms with Crippen LogP contribution in [0, 0.1) is 6.92 Å². The monoisotopic (exact) mass is 328 g/mol. The van der Waals surface area contributed by atoms with Gasteiger partial charge in [-0.15, -0.1) is 0 Å².